The van der Waals surface area contributed by atoms with Gasteiger partial charge in [-0.15, -0.1) is 23.4 Å². The summed E-state index contributed by atoms with van der Waals surface area (Å²) in [5.41, 5.74) is 2.12. The Morgan fingerprint density at radius 1 is 1.23 bits per heavy atom. The van der Waals surface area contributed by atoms with Crippen LogP contribution in [-0.4, -0.2) is 64.1 Å². The predicted octanol–water partition coefficient (Wildman–Crippen LogP) is 4.08. The molecule has 0 radical (unpaired) electrons. The second-order valence-electron chi connectivity index (χ2n) is 7.25. The molecule has 1 aliphatic heterocycles. The largest absolute Gasteiger partial charge is 0.379 e. The van der Waals surface area contributed by atoms with Crippen molar-refractivity contribution in [3.63, 3.8) is 0 Å². The number of nitriles is 1. The summed E-state index contributed by atoms with van der Waals surface area (Å²) >= 11 is 7.43. The molecule has 0 atom stereocenters. The number of carbonyl (C=O) groups is 1. The van der Waals surface area contributed by atoms with Gasteiger partial charge in [0.25, 0.3) is 5.91 Å². The van der Waals surface area contributed by atoms with E-state index in [9.17, 15) is 10.1 Å². The van der Waals surface area contributed by atoms with Crippen LogP contribution >= 0.6 is 23.4 Å². The summed E-state index contributed by atoms with van der Waals surface area (Å²) in [6.45, 7) is 3.50. The first kappa shape index (κ1) is 25.5. The number of nitrogens with zero attached hydrogens (tertiary/aromatic N) is 2. The summed E-state index contributed by atoms with van der Waals surface area (Å²) in [6.07, 6.45) is 6.01. The maximum Gasteiger partial charge on any atom is 0.262 e. The van der Waals surface area contributed by atoms with Crippen LogP contribution in [0.15, 0.2) is 28.7 Å². The molecule has 0 saturated carbocycles. The van der Waals surface area contributed by atoms with Crippen LogP contribution in [0, 0.1) is 11.3 Å². The summed E-state index contributed by atoms with van der Waals surface area (Å²) in [7, 11) is 2.07. The van der Waals surface area contributed by atoms with Gasteiger partial charge in [-0.1, -0.05) is 18.9 Å². The van der Waals surface area contributed by atoms with Crippen LogP contribution in [-0.2, 0) is 14.3 Å². The Bertz CT molecular complexity index is 767. The Morgan fingerprint density at radius 2 is 2.00 bits per heavy atom. The Hall–Kier alpha value is -1.72. The van der Waals surface area contributed by atoms with Crippen LogP contribution in [0.25, 0.3) is 6.08 Å². The molecule has 0 saturated heterocycles. The molecule has 1 amide bonds. The zero-order chi connectivity index (χ0) is 22.3. The lowest BCUT2D eigenvalue weighted by molar-refractivity contribution is -0.117. The highest BCUT2D eigenvalue weighted by Gasteiger charge is 2.15. The van der Waals surface area contributed by atoms with Gasteiger partial charge < -0.3 is 19.7 Å². The van der Waals surface area contributed by atoms with Crippen LogP contribution in [0.4, 0.5) is 5.69 Å². The van der Waals surface area contributed by atoms with Crippen LogP contribution in [0.3, 0.4) is 0 Å². The zero-order valence-corrected chi connectivity index (χ0v) is 19.8. The molecule has 2 rings (SSSR count). The molecule has 0 bridgehead atoms. The molecule has 1 aliphatic rings. The Kier molecular flexibility index (Phi) is 12.5. The molecule has 31 heavy (non-hydrogen) atoms. The highest BCUT2D eigenvalue weighted by atomic mass is 35.5. The quantitative estimate of drug-likeness (QED) is 0.193. The number of alkyl halides is 1. The van der Waals surface area contributed by atoms with Gasteiger partial charge in [-0.2, -0.15) is 5.26 Å². The summed E-state index contributed by atoms with van der Waals surface area (Å²) in [5, 5.41) is 12.1. The standard InChI is InChI=1S/C23H32ClN3O3S/c1-27-10-15-31-22-17-19(6-7-21(22)27)16-20(18-25)23(28)26-9-12-30-14-13-29-11-5-3-2-4-8-24/h6-7,16-17H,2-5,8-15H2,1H3,(H,26,28)/b20-16+. The number of unbranched alkanes of at least 4 members (excludes halogenated alkanes) is 3. The topological polar surface area (TPSA) is 74.6 Å². The lowest BCUT2D eigenvalue weighted by atomic mass is 10.1. The third-order valence-corrected chi connectivity index (χ3v) is 6.12. The van der Waals surface area contributed by atoms with Crippen molar-refractivity contribution in [1.82, 2.24) is 5.32 Å². The second-order valence-corrected chi connectivity index (χ2v) is 8.77. The van der Waals surface area contributed by atoms with Crippen molar-refractivity contribution in [2.75, 3.05) is 63.1 Å². The minimum Gasteiger partial charge on any atom is -0.379 e. The summed E-state index contributed by atoms with van der Waals surface area (Å²) in [4.78, 5) is 15.7. The van der Waals surface area contributed by atoms with Crippen molar-refractivity contribution in [2.24, 2.45) is 0 Å². The molecular weight excluding hydrogens is 434 g/mol. The van der Waals surface area contributed by atoms with Gasteiger partial charge in [0.1, 0.15) is 11.6 Å². The number of benzene rings is 1. The van der Waals surface area contributed by atoms with Gasteiger partial charge in [-0.3, -0.25) is 4.79 Å². The molecular formula is C23H32ClN3O3S. The van der Waals surface area contributed by atoms with E-state index in [4.69, 9.17) is 21.1 Å². The van der Waals surface area contributed by atoms with Crippen molar-refractivity contribution < 1.29 is 14.3 Å². The minimum atomic E-state index is -0.387. The number of halogens is 1. The molecule has 1 aromatic carbocycles. The first-order valence-electron chi connectivity index (χ1n) is 10.7. The van der Waals surface area contributed by atoms with E-state index < -0.39 is 0 Å². The van der Waals surface area contributed by atoms with Gasteiger partial charge in [0, 0.05) is 43.3 Å². The highest BCUT2D eigenvalue weighted by Crippen LogP contribution is 2.34. The molecule has 170 valence electrons. The molecule has 1 heterocycles. The van der Waals surface area contributed by atoms with E-state index in [0.29, 0.717) is 26.4 Å². The molecule has 0 aromatic heterocycles. The lowest BCUT2D eigenvalue weighted by Gasteiger charge is -2.27. The van der Waals surface area contributed by atoms with E-state index in [-0.39, 0.29) is 11.5 Å². The van der Waals surface area contributed by atoms with Crippen molar-refractivity contribution in [3.05, 3.63) is 29.3 Å². The third kappa shape index (κ3) is 9.53. The van der Waals surface area contributed by atoms with Crippen LogP contribution in [0.5, 0.6) is 0 Å². The number of hydrogen-bond acceptors (Lipinski definition) is 6. The predicted molar refractivity (Wildman–Crippen MR) is 128 cm³/mol. The maximum atomic E-state index is 12.3. The Balaban J connectivity index is 1.64. The summed E-state index contributed by atoms with van der Waals surface area (Å²) in [5.74, 6) is 1.37. The van der Waals surface area contributed by atoms with Crippen LogP contribution < -0.4 is 10.2 Å². The van der Waals surface area contributed by atoms with E-state index in [1.54, 1.807) is 17.8 Å². The fraction of sp³-hybridized carbons (Fsp3) is 0.565. The number of thioether (sulfide) groups is 1. The average Bonchev–Trinajstić information content (AvgIpc) is 2.78. The number of amides is 1. The summed E-state index contributed by atoms with van der Waals surface area (Å²) < 4.78 is 11.0. The second kappa shape index (κ2) is 15.1. The SMILES string of the molecule is CN1CCSc2cc(/C=C(\C#N)C(=O)NCCOCCOCCCCCCCl)ccc21. The monoisotopic (exact) mass is 465 g/mol. The van der Waals surface area contributed by atoms with E-state index >= 15 is 0 Å². The smallest absolute Gasteiger partial charge is 0.262 e. The molecule has 0 aliphatic carbocycles. The minimum absolute atomic E-state index is 0.0895. The highest BCUT2D eigenvalue weighted by molar-refractivity contribution is 7.99. The fourth-order valence-corrected chi connectivity index (χ4v) is 4.45. The van der Waals surface area contributed by atoms with E-state index in [2.05, 4.69) is 17.3 Å². The van der Waals surface area contributed by atoms with Gasteiger partial charge >= 0.3 is 0 Å². The number of fused-ring (bicyclic) bond motifs is 1. The van der Waals surface area contributed by atoms with E-state index in [1.807, 2.05) is 24.3 Å². The lowest BCUT2D eigenvalue weighted by Crippen LogP contribution is -2.28. The van der Waals surface area contributed by atoms with Gasteiger partial charge in [-0.05, 0) is 36.6 Å². The van der Waals surface area contributed by atoms with E-state index in [1.165, 1.54) is 10.6 Å². The number of nitrogens with one attached hydrogen (secondary N) is 1. The summed E-state index contributed by atoms with van der Waals surface area (Å²) in [6, 6.07) is 8.00. The molecule has 1 N–H and O–H groups in total. The first-order chi connectivity index (χ1) is 15.2. The first-order valence-corrected chi connectivity index (χ1v) is 12.3. The van der Waals surface area contributed by atoms with Crippen molar-refractivity contribution in [3.8, 4) is 6.07 Å². The molecule has 0 spiro atoms. The van der Waals surface area contributed by atoms with Gasteiger partial charge in [0.2, 0.25) is 0 Å². The molecule has 0 unspecified atom stereocenters. The zero-order valence-electron chi connectivity index (χ0n) is 18.2. The van der Waals surface area contributed by atoms with Gasteiger partial charge in [0.05, 0.1) is 25.5 Å². The third-order valence-electron chi connectivity index (χ3n) is 4.83. The van der Waals surface area contributed by atoms with Crippen LogP contribution in [0.2, 0.25) is 0 Å². The number of ether oxygens (including phenoxy) is 2. The Labute approximate surface area is 194 Å². The Morgan fingerprint density at radius 3 is 2.77 bits per heavy atom. The average molecular weight is 466 g/mol. The van der Waals surface area contributed by atoms with Crippen LogP contribution in [0.1, 0.15) is 31.2 Å². The number of hydrogen-bond donors (Lipinski definition) is 1. The van der Waals surface area contributed by atoms with Crippen molar-refractivity contribution in [2.45, 2.75) is 30.6 Å². The number of rotatable bonds is 14. The van der Waals surface area contributed by atoms with Gasteiger partial charge in [0.15, 0.2) is 0 Å². The molecule has 8 heteroatoms. The van der Waals surface area contributed by atoms with Crippen molar-refractivity contribution >= 4 is 41.0 Å². The van der Waals surface area contributed by atoms with Gasteiger partial charge in [-0.25, -0.2) is 0 Å². The normalized spacial score (nSPS) is 13.6. The maximum absolute atomic E-state index is 12.3. The fourth-order valence-electron chi connectivity index (χ4n) is 3.09. The number of carbonyl (C=O) groups excluding carboxylic acids is 1. The van der Waals surface area contributed by atoms with E-state index in [0.717, 1.165) is 56.0 Å². The molecule has 1 aromatic rings. The molecule has 0 fully saturated rings. The number of anilines is 1. The van der Waals surface area contributed by atoms with Crippen molar-refractivity contribution in [1.29, 1.82) is 5.26 Å². The molecule has 6 nitrogen and oxygen atoms in total.